The molecule has 0 aliphatic heterocycles. The summed E-state index contributed by atoms with van der Waals surface area (Å²) in [4.78, 5) is 8.45. The zero-order valence-electron chi connectivity index (χ0n) is 11.1. The van der Waals surface area contributed by atoms with Gasteiger partial charge in [-0.3, -0.25) is 9.55 Å². The van der Waals surface area contributed by atoms with Gasteiger partial charge in [-0.25, -0.2) is 9.37 Å². The van der Waals surface area contributed by atoms with E-state index in [0.717, 1.165) is 5.52 Å². The van der Waals surface area contributed by atoms with Gasteiger partial charge in [-0.1, -0.05) is 6.07 Å². The summed E-state index contributed by atoms with van der Waals surface area (Å²) in [5.41, 5.74) is 1.77. The molecule has 21 heavy (non-hydrogen) atoms. The Morgan fingerprint density at radius 3 is 2.90 bits per heavy atom. The predicted molar refractivity (Wildman–Crippen MR) is 77.8 cm³/mol. The normalized spacial score (nSPS) is 12.3. The van der Waals surface area contributed by atoms with E-state index < -0.39 is 11.2 Å². The Morgan fingerprint density at radius 1 is 1.38 bits per heavy atom. The fourth-order valence-corrected chi connectivity index (χ4v) is 2.43. The summed E-state index contributed by atoms with van der Waals surface area (Å²) in [7, 11) is 0. The van der Waals surface area contributed by atoms with Crippen molar-refractivity contribution in [3.63, 3.8) is 0 Å². The van der Waals surface area contributed by atoms with Gasteiger partial charge in [0, 0.05) is 6.20 Å². The zero-order valence-corrected chi connectivity index (χ0v) is 11.8. The first-order valence-electron chi connectivity index (χ1n) is 6.29. The molecule has 0 radical (unpaired) electrons. The van der Waals surface area contributed by atoms with Crippen molar-refractivity contribution in [1.82, 2.24) is 14.5 Å². The first kappa shape index (κ1) is 13.5. The Labute approximate surface area is 125 Å². The SMILES string of the molecule is CC(Cl)c1nc2cnccc2n1-c1cccc(F)c1C#N. The number of imidazole rings is 1. The summed E-state index contributed by atoms with van der Waals surface area (Å²) >= 11 is 6.18. The average molecular weight is 301 g/mol. The number of benzene rings is 1. The van der Waals surface area contributed by atoms with E-state index >= 15 is 0 Å². The van der Waals surface area contributed by atoms with Crippen LogP contribution in [0.5, 0.6) is 0 Å². The molecular weight excluding hydrogens is 291 g/mol. The third kappa shape index (κ3) is 2.14. The molecule has 2 aromatic heterocycles. The highest BCUT2D eigenvalue weighted by Gasteiger charge is 2.19. The van der Waals surface area contributed by atoms with Crippen LogP contribution in [-0.2, 0) is 0 Å². The summed E-state index contributed by atoms with van der Waals surface area (Å²) in [6, 6.07) is 8.15. The molecule has 0 aliphatic carbocycles. The van der Waals surface area contributed by atoms with Gasteiger partial charge in [0.1, 0.15) is 28.8 Å². The second-order valence-corrected chi connectivity index (χ2v) is 5.19. The van der Waals surface area contributed by atoms with Crippen LogP contribution in [0.2, 0.25) is 0 Å². The minimum absolute atomic E-state index is 0.0350. The lowest BCUT2D eigenvalue weighted by Crippen LogP contribution is -2.05. The summed E-state index contributed by atoms with van der Waals surface area (Å²) in [5, 5.41) is 8.83. The van der Waals surface area contributed by atoms with E-state index in [1.54, 1.807) is 42.1 Å². The van der Waals surface area contributed by atoms with Crippen LogP contribution in [0.15, 0.2) is 36.7 Å². The smallest absolute Gasteiger partial charge is 0.143 e. The molecule has 3 rings (SSSR count). The van der Waals surface area contributed by atoms with Crippen molar-refractivity contribution in [2.75, 3.05) is 0 Å². The van der Waals surface area contributed by atoms with Crippen molar-refractivity contribution >= 4 is 22.6 Å². The molecule has 0 saturated carbocycles. The molecule has 1 unspecified atom stereocenters. The third-order valence-electron chi connectivity index (χ3n) is 3.18. The van der Waals surface area contributed by atoms with E-state index in [4.69, 9.17) is 11.6 Å². The molecular formula is C15H10ClFN4. The monoisotopic (exact) mass is 300 g/mol. The van der Waals surface area contributed by atoms with Crippen molar-refractivity contribution in [2.24, 2.45) is 0 Å². The molecule has 0 saturated heterocycles. The van der Waals surface area contributed by atoms with Gasteiger partial charge in [0.15, 0.2) is 0 Å². The van der Waals surface area contributed by atoms with Crippen molar-refractivity contribution in [3.8, 4) is 11.8 Å². The van der Waals surface area contributed by atoms with Crippen LogP contribution in [-0.4, -0.2) is 14.5 Å². The van der Waals surface area contributed by atoms with E-state index in [1.807, 2.05) is 6.07 Å². The Hall–Kier alpha value is -2.45. The lowest BCUT2D eigenvalue weighted by molar-refractivity contribution is 0.622. The highest BCUT2D eigenvalue weighted by Crippen LogP contribution is 2.29. The molecule has 2 heterocycles. The predicted octanol–water partition coefficient (Wildman–Crippen LogP) is 3.73. The minimum Gasteiger partial charge on any atom is -0.293 e. The molecule has 4 nitrogen and oxygen atoms in total. The maximum absolute atomic E-state index is 13.9. The topological polar surface area (TPSA) is 54.5 Å². The lowest BCUT2D eigenvalue weighted by Gasteiger charge is -2.12. The van der Waals surface area contributed by atoms with E-state index in [9.17, 15) is 9.65 Å². The largest absolute Gasteiger partial charge is 0.293 e. The number of hydrogen-bond acceptors (Lipinski definition) is 3. The summed E-state index contributed by atoms with van der Waals surface area (Å²) in [6.07, 6.45) is 3.23. The van der Waals surface area contributed by atoms with Crippen molar-refractivity contribution in [3.05, 3.63) is 53.9 Å². The molecule has 6 heteroatoms. The van der Waals surface area contributed by atoms with E-state index in [-0.39, 0.29) is 5.56 Å². The summed E-state index contributed by atoms with van der Waals surface area (Å²) in [6.45, 7) is 1.78. The summed E-state index contributed by atoms with van der Waals surface area (Å²) < 4.78 is 15.6. The summed E-state index contributed by atoms with van der Waals surface area (Å²) in [5.74, 6) is -0.0270. The Morgan fingerprint density at radius 2 is 2.19 bits per heavy atom. The second kappa shape index (κ2) is 5.15. The number of rotatable bonds is 2. The van der Waals surface area contributed by atoms with Crippen LogP contribution in [0.4, 0.5) is 4.39 Å². The number of nitrogens with zero attached hydrogens (tertiary/aromatic N) is 4. The molecule has 0 aliphatic rings. The number of aromatic nitrogens is 3. The quantitative estimate of drug-likeness (QED) is 0.678. The maximum Gasteiger partial charge on any atom is 0.143 e. The molecule has 0 N–H and O–H groups in total. The number of pyridine rings is 1. The molecule has 1 atom stereocenters. The fourth-order valence-electron chi connectivity index (χ4n) is 2.28. The number of alkyl halides is 1. The van der Waals surface area contributed by atoms with Crippen LogP contribution in [0, 0.1) is 17.1 Å². The number of hydrogen-bond donors (Lipinski definition) is 0. The van der Waals surface area contributed by atoms with Gasteiger partial charge in [0.05, 0.1) is 22.8 Å². The molecule has 3 aromatic rings. The Bertz CT molecular complexity index is 864. The third-order valence-corrected chi connectivity index (χ3v) is 3.38. The molecule has 1 aromatic carbocycles. The first-order chi connectivity index (χ1) is 10.1. The van der Waals surface area contributed by atoms with E-state index in [2.05, 4.69) is 9.97 Å². The number of nitriles is 1. The second-order valence-electron chi connectivity index (χ2n) is 4.53. The van der Waals surface area contributed by atoms with Gasteiger partial charge in [-0.2, -0.15) is 5.26 Å². The molecule has 0 bridgehead atoms. The highest BCUT2D eigenvalue weighted by molar-refractivity contribution is 6.20. The zero-order chi connectivity index (χ0) is 15.0. The average Bonchev–Trinajstić information content (AvgIpc) is 2.86. The van der Waals surface area contributed by atoms with Crippen LogP contribution in [0.3, 0.4) is 0 Å². The number of halogens is 2. The van der Waals surface area contributed by atoms with Gasteiger partial charge < -0.3 is 0 Å². The Kier molecular flexibility index (Phi) is 3.32. The standard InChI is InChI=1S/C15H10ClFN4/c1-9(16)15-20-12-8-19-6-5-14(12)21(15)13-4-2-3-11(17)10(13)7-18/h2-6,8-9H,1H3. The van der Waals surface area contributed by atoms with Gasteiger partial charge in [0.2, 0.25) is 0 Å². The lowest BCUT2D eigenvalue weighted by atomic mass is 10.1. The van der Waals surface area contributed by atoms with Crippen LogP contribution >= 0.6 is 11.6 Å². The van der Waals surface area contributed by atoms with Gasteiger partial charge in [0.25, 0.3) is 0 Å². The molecule has 0 amide bonds. The minimum atomic E-state index is -0.570. The highest BCUT2D eigenvalue weighted by atomic mass is 35.5. The maximum atomic E-state index is 13.9. The van der Waals surface area contributed by atoms with Gasteiger partial charge in [-0.05, 0) is 25.1 Å². The van der Waals surface area contributed by atoms with Crippen molar-refractivity contribution < 1.29 is 4.39 Å². The number of fused-ring (bicyclic) bond motifs is 1. The molecule has 104 valence electrons. The molecule has 0 fully saturated rings. The van der Waals surface area contributed by atoms with Crippen LogP contribution in [0.25, 0.3) is 16.7 Å². The van der Waals surface area contributed by atoms with Crippen molar-refractivity contribution in [2.45, 2.75) is 12.3 Å². The van der Waals surface area contributed by atoms with Gasteiger partial charge >= 0.3 is 0 Å². The first-order valence-corrected chi connectivity index (χ1v) is 6.72. The van der Waals surface area contributed by atoms with Crippen LogP contribution < -0.4 is 0 Å². The molecule has 0 spiro atoms. The van der Waals surface area contributed by atoms with Crippen LogP contribution in [0.1, 0.15) is 23.7 Å². The van der Waals surface area contributed by atoms with E-state index in [0.29, 0.717) is 17.0 Å². The van der Waals surface area contributed by atoms with Crippen molar-refractivity contribution in [1.29, 1.82) is 5.26 Å². The van der Waals surface area contributed by atoms with E-state index in [1.165, 1.54) is 6.07 Å². The fraction of sp³-hybridized carbons (Fsp3) is 0.133. The van der Waals surface area contributed by atoms with Gasteiger partial charge in [-0.15, -0.1) is 11.6 Å². The Balaban J connectivity index is 2.42.